The van der Waals surface area contributed by atoms with Crippen LogP contribution in [0.5, 0.6) is 0 Å². The van der Waals surface area contributed by atoms with Gasteiger partial charge in [0, 0.05) is 0 Å². The van der Waals surface area contributed by atoms with Crippen molar-refractivity contribution in [3.8, 4) is 0 Å². The summed E-state index contributed by atoms with van der Waals surface area (Å²) in [5.74, 6) is 0.239. The molecule has 1 unspecified atom stereocenters. The van der Waals surface area contributed by atoms with Gasteiger partial charge in [-0.3, -0.25) is 0 Å². The molecule has 0 aromatic heterocycles. The number of hydrogen-bond donors (Lipinski definition) is 1. The van der Waals surface area contributed by atoms with E-state index >= 15 is 0 Å². The Bertz CT molecular complexity index is 408. The standard InChI is InChI=1S/C15H19F3O/c16-15(17,18)13-8-4-5-11(9-13)10-14(19)12-6-2-1-3-7-12/h4-5,8-9,12,14,19H,1-3,6-7,10H2. The third-order valence-electron chi connectivity index (χ3n) is 3.89. The van der Waals surface area contributed by atoms with Gasteiger partial charge in [0.05, 0.1) is 11.7 Å². The summed E-state index contributed by atoms with van der Waals surface area (Å²) in [7, 11) is 0. The molecular weight excluding hydrogens is 253 g/mol. The predicted octanol–water partition coefficient (Wildman–Crippen LogP) is 4.19. The Labute approximate surface area is 111 Å². The van der Waals surface area contributed by atoms with Crippen molar-refractivity contribution in [1.29, 1.82) is 0 Å². The van der Waals surface area contributed by atoms with Crippen molar-refractivity contribution in [2.45, 2.75) is 50.8 Å². The summed E-state index contributed by atoms with van der Waals surface area (Å²) in [6.45, 7) is 0. The Kier molecular flexibility index (Phi) is 4.50. The minimum absolute atomic E-state index is 0.239. The maximum absolute atomic E-state index is 12.6. The zero-order valence-electron chi connectivity index (χ0n) is 10.8. The summed E-state index contributed by atoms with van der Waals surface area (Å²) in [5, 5.41) is 10.1. The van der Waals surface area contributed by atoms with Crippen molar-refractivity contribution < 1.29 is 18.3 Å². The van der Waals surface area contributed by atoms with E-state index in [-0.39, 0.29) is 5.92 Å². The summed E-state index contributed by atoms with van der Waals surface area (Å²) in [5.41, 5.74) is -0.0752. The summed E-state index contributed by atoms with van der Waals surface area (Å²) in [4.78, 5) is 0. The molecular formula is C15H19F3O. The molecule has 0 aliphatic heterocycles. The highest BCUT2D eigenvalue weighted by Gasteiger charge is 2.30. The van der Waals surface area contributed by atoms with Gasteiger partial charge in [-0.2, -0.15) is 13.2 Å². The molecule has 1 aromatic rings. The van der Waals surface area contributed by atoms with Gasteiger partial charge in [0.15, 0.2) is 0 Å². The van der Waals surface area contributed by atoms with E-state index in [0.717, 1.165) is 37.8 Å². The summed E-state index contributed by atoms with van der Waals surface area (Å²) >= 11 is 0. The Morgan fingerprint density at radius 2 is 1.84 bits per heavy atom. The maximum atomic E-state index is 12.6. The van der Waals surface area contributed by atoms with Crippen LogP contribution >= 0.6 is 0 Å². The fourth-order valence-electron chi connectivity index (χ4n) is 2.80. The van der Waals surface area contributed by atoms with Crippen LogP contribution < -0.4 is 0 Å². The fraction of sp³-hybridized carbons (Fsp3) is 0.600. The Hall–Kier alpha value is -1.03. The van der Waals surface area contributed by atoms with E-state index in [9.17, 15) is 18.3 Å². The van der Waals surface area contributed by atoms with E-state index in [2.05, 4.69) is 0 Å². The van der Waals surface area contributed by atoms with Gasteiger partial charge in [-0.1, -0.05) is 37.5 Å². The molecule has 1 saturated carbocycles. The van der Waals surface area contributed by atoms with Gasteiger partial charge in [-0.05, 0) is 36.8 Å². The zero-order chi connectivity index (χ0) is 13.9. The molecule has 19 heavy (non-hydrogen) atoms. The molecule has 2 rings (SSSR count). The van der Waals surface area contributed by atoms with E-state index in [0.29, 0.717) is 12.0 Å². The molecule has 1 fully saturated rings. The lowest BCUT2D eigenvalue weighted by Crippen LogP contribution is -2.25. The molecule has 1 aliphatic carbocycles. The number of benzene rings is 1. The van der Waals surface area contributed by atoms with Gasteiger partial charge in [0.1, 0.15) is 0 Å². The molecule has 1 aromatic carbocycles. The molecule has 0 bridgehead atoms. The van der Waals surface area contributed by atoms with Gasteiger partial charge in [-0.25, -0.2) is 0 Å². The van der Waals surface area contributed by atoms with Crippen LogP contribution in [0.15, 0.2) is 24.3 Å². The van der Waals surface area contributed by atoms with E-state index in [1.165, 1.54) is 12.5 Å². The Morgan fingerprint density at radius 1 is 1.16 bits per heavy atom. The van der Waals surface area contributed by atoms with E-state index in [4.69, 9.17) is 0 Å². The van der Waals surface area contributed by atoms with E-state index < -0.39 is 17.8 Å². The van der Waals surface area contributed by atoms with Crippen LogP contribution in [-0.4, -0.2) is 11.2 Å². The second kappa shape index (κ2) is 5.95. The third-order valence-corrected chi connectivity index (χ3v) is 3.89. The summed E-state index contributed by atoms with van der Waals surface area (Å²) in [6, 6.07) is 5.27. The van der Waals surface area contributed by atoms with Crippen molar-refractivity contribution >= 4 is 0 Å². The van der Waals surface area contributed by atoms with Crippen molar-refractivity contribution in [3.05, 3.63) is 35.4 Å². The van der Waals surface area contributed by atoms with Crippen molar-refractivity contribution in [2.75, 3.05) is 0 Å². The number of rotatable bonds is 3. The van der Waals surface area contributed by atoms with Gasteiger partial charge in [-0.15, -0.1) is 0 Å². The SMILES string of the molecule is OC(Cc1cccc(C(F)(F)F)c1)C1CCCCC1. The number of alkyl halides is 3. The minimum Gasteiger partial charge on any atom is -0.392 e. The maximum Gasteiger partial charge on any atom is 0.416 e. The van der Waals surface area contributed by atoms with E-state index in [1.54, 1.807) is 6.07 Å². The second-order valence-corrected chi connectivity index (χ2v) is 5.37. The lowest BCUT2D eigenvalue weighted by molar-refractivity contribution is -0.137. The van der Waals surface area contributed by atoms with Gasteiger partial charge < -0.3 is 5.11 Å². The number of halogens is 3. The molecule has 1 atom stereocenters. The molecule has 0 saturated heterocycles. The first-order valence-corrected chi connectivity index (χ1v) is 6.81. The highest BCUT2D eigenvalue weighted by Crippen LogP contribution is 2.31. The van der Waals surface area contributed by atoms with Crippen LogP contribution in [0.3, 0.4) is 0 Å². The first-order valence-electron chi connectivity index (χ1n) is 6.81. The Balaban J connectivity index is 2.02. The monoisotopic (exact) mass is 272 g/mol. The summed E-state index contributed by atoms with van der Waals surface area (Å²) in [6.07, 6.45) is 0.881. The molecule has 0 spiro atoms. The first-order chi connectivity index (χ1) is 8.97. The van der Waals surface area contributed by atoms with E-state index in [1.807, 2.05) is 0 Å². The average molecular weight is 272 g/mol. The highest BCUT2D eigenvalue weighted by atomic mass is 19.4. The van der Waals surface area contributed by atoms with Crippen LogP contribution in [-0.2, 0) is 12.6 Å². The van der Waals surface area contributed by atoms with Crippen LogP contribution in [0.2, 0.25) is 0 Å². The normalized spacial score (nSPS) is 19.4. The topological polar surface area (TPSA) is 20.2 Å². The van der Waals surface area contributed by atoms with Gasteiger partial charge in [0.2, 0.25) is 0 Å². The van der Waals surface area contributed by atoms with Crippen LogP contribution in [0, 0.1) is 5.92 Å². The van der Waals surface area contributed by atoms with Crippen molar-refractivity contribution in [2.24, 2.45) is 5.92 Å². The first kappa shape index (κ1) is 14.4. The predicted molar refractivity (Wildman–Crippen MR) is 67.7 cm³/mol. The Morgan fingerprint density at radius 3 is 2.47 bits per heavy atom. The molecule has 1 nitrogen and oxygen atoms in total. The van der Waals surface area contributed by atoms with Gasteiger partial charge in [0.25, 0.3) is 0 Å². The zero-order valence-corrected chi connectivity index (χ0v) is 10.8. The molecule has 106 valence electrons. The molecule has 0 amide bonds. The third kappa shape index (κ3) is 3.96. The fourth-order valence-corrected chi connectivity index (χ4v) is 2.80. The van der Waals surface area contributed by atoms with Crippen LogP contribution in [0.1, 0.15) is 43.2 Å². The smallest absolute Gasteiger partial charge is 0.392 e. The van der Waals surface area contributed by atoms with Crippen LogP contribution in [0.25, 0.3) is 0 Å². The average Bonchev–Trinajstić information content (AvgIpc) is 2.39. The number of aliphatic hydroxyl groups excluding tert-OH is 1. The lowest BCUT2D eigenvalue weighted by Gasteiger charge is -2.26. The van der Waals surface area contributed by atoms with Crippen molar-refractivity contribution in [3.63, 3.8) is 0 Å². The molecule has 0 radical (unpaired) electrons. The molecule has 1 N–H and O–H groups in total. The second-order valence-electron chi connectivity index (χ2n) is 5.37. The molecule has 4 heteroatoms. The molecule has 0 heterocycles. The summed E-state index contributed by atoms with van der Waals surface area (Å²) < 4.78 is 37.8. The largest absolute Gasteiger partial charge is 0.416 e. The van der Waals surface area contributed by atoms with Crippen molar-refractivity contribution in [1.82, 2.24) is 0 Å². The molecule has 1 aliphatic rings. The number of aliphatic hydroxyl groups is 1. The van der Waals surface area contributed by atoms with Crippen LogP contribution in [0.4, 0.5) is 13.2 Å². The highest BCUT2D eigenvalue weighted by molar-refractivity contribution is 5.26. The van der Waals surface area contributed by atoms with Gasteiger partial charge >= 0.3 is 6.18 Å². The minimum atomic E-state index is -4.31. The lowest BCUT2D eigenvalue weighted by atomic mass is 9.83. The quantitative estimate of drug-likeness (QED) is 0.874. The number of hydrogen-bond acceptors (Lipinski definition) is 1.